The summed E-state index contributed by atoms with van der Waals surface area (Å²) in [5.41, 5.74) is 8.94. The Kier molecular flexibility index (Phi) is 5.60. The molecule has 0 saturated heterocycles. The van der Waals surface area contributed by atoms with E-state index >= 15 is 0 Å². The molecule has 1 aromatic carbocycles. The van der Waals surface area contributed by atoms with Crippen LogP contribution in [0.3, 0.4) is 0 Å². The van der Waals surface area contributed by atoms with E-state index in [2.05, 4.69) is 38.2 Å². The minimum atomic E-state index is 0.434. The van der Waals surface area contributed by atoms with Gasteiger partial charge >= 0.3 is 0 Å². The summed E-state index contributed by atoms with van der Waals surface area (Å²) in [5, 5.41) is 3.51. The Morgan fingerprint density at radius 3 is 2.50 bits per heavy atom. The Bertz CT molecular complexity index is 413. The zero-order chi connectivity index (χ0) is 13.7. The maximum atomic E-state index is 5.77. The van der Waals surface area contributed by atoms with Crippen LogP contribution >= 0.6 is 12.2 Å². The number of nitrogens with two attached hydrogens (primary N) is 1. The van der Waals surface area contributed by atoms with Gasteiger partial charge in [-0.15, -0.1) is 0 Å². The highest BCUT2D eigenvalue weighted by Crippen LogP contribution is 2.20. The SMILES string of the molecule is Cc1ccc(NC(C)CCC(C)C)c(C(N)=S)c1. The first-order valence-corrected chi connectivity index (χ1v) is 6.98. The van der Waals surface area contributed by atoms with E-state index in [9.17, 15) is 0 Å². The summed E-state index contributed by atoms with van der Waals surface area (Å²) in [4.78, 5) is 0.456. The van der Waals surface area contributed by atoms with Crippen molar-refractivity contribution in [1.29, 1.82) is 0 Å². The molecule has 0 radical (unpaired) electrons. The van der Waals surface area contributed by atoms with Crippen LogP contribution in [0.4, 0.5) is 5.69 Å². The summed E-state index contributed by atoms with van der Waals surface area (Å²) in [5.74, 6) is 0.738. The number of benzene rings is 1. The van der Waals surface area contributed by atoms with Gasteiger partial charge in [0.15, 0.2) is 0 Å². The minimum Gasteiger partial charge on any atom is -0.389 e. The molecule has 0 aliphatic rings. The van der Waals surface area contributed by atoms with Gasteiger partial charge in [-0.25, -0.2) is 0 Å². The topological polar surface area (TPSA) is 38.0 Å². The summed E-state index contributed by atoms with van der Waals surface area (Å²) < 4.78 is 0. The molecular weight excluding hydrogens is 240 g/mol. The molecular formula is C15H24N2S. The fourth-order valence-corrected chi connectivity index (χ4v) is 2.08. The third-order valence-electron chi connectivity index (χ3n) is 3.02. The van der Waals surface area contributed by atoms with Crippen molar-refractivity contribution < 1.29 is 0 Å². The second-order valence-electron chi connectivity index (χ2n) is 5.43. The van der Waals surface area contributed by atoms with Crippen LogP contribution in [0.25, 0.3) is 0 Å². The summed E-state index contributed by atoms with van der Waals surface area (Å²) in [6.45, 7) is 8.75. The van der Waals surface area contributed by atoms with Crippen molar-refractivity contribution in [3.05, 3.63) is 29.3 Å². The van der Waals surface area contributed by atoms with Crippen molar-refractivity contribution in [3.63, 3.8) is 0 Å². The van der Waals surface area contributed by atoms with Crippen LogP contribution in [-0.4, -0.2) is 11.0 Å². The van der Waals surface area contributed by atoms with E-state index < -0.39 is 0 Å². The average Bonchev–Trinajstić information content (AvgIpc) is 2.28. The van der Waals surface area contributed by atoms with Crippen molar-refractivity contribution in [2.45, 2.75) is 46.6 Å². The number of aryl methyl sites for hydroxylation is 1. The molecule has 1 rings (SSSR count). The molecule has 0 aliphatic carbocycles. The van der Waals surface area contributed by atoms with Crippen LogP contribution in [0.1, 0.15) is 44.7 Å². The fraction of sp³-hybridized carbons (Fsp3) is 0.533. The van der Waals surface area contributed by atoms with Crippen molar-refractivity contribution in [2.75, 3.05) is 5.32 Å². The molecule has 3 heteroatoms. The lowest BCUT2D eigenvalue weighted by atomic mass is 10.0. The van der Waals surface area contributed by atoms with E-state index in [4.69, 9.17) is 18.0 Å². The van der Waals surface area contributed by atoms with Gasteiger partial charge < -0.3 is 11.1 Å². The predicted molar refractivity (Wildman–Crippen MR) is 84.2 cm³/mol. The molecule has 0 fully saturated rings. The van der Waals surface area contributed by atoms with Crippen LogP contribution in [-0.2, 0) is 0 Å². The summed E-state index contributed by atoms with van der Waals surface area (Å²) in [7, 11) is 0. The number of hydrogen-bond acceptors (Lipinski definition) is 2. The van der Waals surface area contributed by atoms with Crippen LogP contribution in [0.5, 0.6) is 0 Å². The molecule has 0 aromatic heterocycles. The van der Waals surface area contributed by atoms with Gasteiger partial charge in [-0.1, -0.05) is 37.7 Å². The molecule has 1 aromatic rings. The fourth-order valence-electron chi connectivity index (χ4n) is 1.91. The zero-order valence-electron chi connectivity index (χ0n) is 11.8. The van der Waals surface area contributed by atoms with Crippen molar-refractivity contribution in [3.8, 4) is 0 Å². The van der Waals surface area contributed by atoms with Gasteiger partial charge in [-0.3, -0.25) is 0 Å². The molecule has 18 heavy (non-hydrogen) atoms. The smallest absolute Gasteiger partial charge is 0.106 e. The second-order valence-corrected chi connectivity index (χ2v) is 5.87. The maximum absolute atomic E-state index is 5.77. The molecule has 2 nitrogen and oxygen atoms in total. The first kappa shape index (κ1) is 15.0. The normalized spacial score (nSPS) is 12.5. The van der Waals surface area contributed by atoms with E-state index in [0.29, 0.717) is 11.0 Å². The van der Waals surface area contributed by atoms with Gasteiger partial charge in [0, 0.05) is 17.3 Å². The number of rotatable bonds is 6. The zero-order valence-corrected chi connectivity index (χ0v) is 12.6. The third-order valence-corrected chi connectivity index (χ3v) is 3.24. The summed E-state index contributed by atoms with van der Waals surface area (Å²) in [6.07, 6.45) is 2.38. The van der Waals surface area contributed by atoms with Gasteiger partial charge in [0.25, 0.3) is 0 Å². The minimum absolute atomic E-state index is 0.434. The molecule has 0 spiro atoms. The maximum Gasteiger partial charge on any atom is 0.106 e. The lowest BCUT2D eigenvalue weighted by Crippen LogP contribution is -2.20. The molecule has 1 atom stereocenters. The molecule has 3 N–H and O–H groups in total. The standard InChI is InChI=1S/C15H24N2S/c1-10(2)5-7-12(4)17-14-8-6-11(3)9-13(14)15(16)18/h6,8-10,12,17H,5,7H2,1-4H3,(H2,16,18). The molecule has 1 unspecified atom stereocenters. The van der Waals surface area contributed by atoms with Gasteiger partial charge in [0.1, 0.15) is 4.99 Å². The number of hydrogen-bond donors (Lipinski definition) is 2. The first-order chi connectivity index (χ1) is 8.40. The number of anilines is 1. The monoisotopic (exact) mass is 264 g/mol. The van der Waals surface area contributed by atoms with Gasteiger partial charge in [-0.05, 0) is 44.7 Å². The Balaban J connectivity index is 2.74. The third kappa shape index (κ3) is 4.65. The van der Waals surface area contributed by atoms with E-state index in [1.807, 2.05) is 13.0 Å². The molecule has 0 bridgehead atoms. The van der Waals surface area contributed by atoms with Gasteiger partial charge in [0.2, 0.25) is 0 Å². The quantitative estimate of drug-likeness (QED) is 0.766. The Labute approximate surface area is 116 Å². The van der Waals surface area contributed by atoms with Gasteiger partial charge in [-0.2, -0.15) is 0 Å². The largest absolute Gasteiger partial charge is 0.389 e. The molecule has 0 heterocycles. The number of nitrogens with one attached hydrogen (secondary N) is 1. The first-order valence-electron chi connectivity index (χ1n) is 6.57. The van der Waals surface area contributed by atoms with E-state index in [1.165, 1.54) is 12.0 Å². The highest BCUT2D eigenvalue weighted by atomic mass is 32.1. The van der Waals surface area contributed by atoms with Crippen molar-refractivity contribution >= 4 is 22.9 Å². The molecule has 100 valence electrons. The van der Waals surface area contributed by atoms with E-state index in [-0.39, 0.29) is 0 Å². The van der Waals surface area contributed by atoms with Crippen LogP contribution in [0.2, 0.25) is 0 Å². The van der Waals surface area contributed by atoms with Crippen LogP contribution in [0, 0.1) is 12.8 Å². The lowest BCUT2D eigenvalue weighted by molar-refractivity contribution is 0.527. The van der Waals surface area contributed by atoms with E-state index in [1.54, 1.807) is 0 Å². The summed E-state index contributed by atoms with van der Waals surface area (Å²) in [6, 6.07) is 6.62. The number of thiocarbonyl (C=S) groups is 1. The molecule has 0 amide bonds. The van der Waals surface area contributed by atoms with E-state index in [0.717, 1.165) is 23.6 Å². The summed E-state index contributed by atoms with van der Waals surface area (Å²) >= 11 is 5.11. The lowest BCUT2D eigenvalue weighted by Gasteiger charge is -2.19. The average molecular weight is 264 g/mol. The Morgan fingerprint density at radius 1 is 1.28 bits per heavy atom. The highest BCUT2D eigenvalue weighted by Gasteiger charge is 2.09. The Morgan fingerprint density at radius 2 is 1.94 bits per heavy atom. The Hall–Kier alpha value is -1.09. The van der Waals surface area contributed by atoms with Crippen molar-refractivity contribution in [2.24, 2.45) is 11.7 Å². The van der Waals surface area contributed by atoms with Crippen LogP contribution in [0.15, 0.2) is 18.2 Å². The van der Waals surface area contributed by atoms with Gasteiger partial charge in [0.05, 0.1) is 0 Å². The second kappa shape index (κ2) is 6.74. The highest BCUT2D eigenvalue weighted by molar-refractivity contribution is 7.80. The van der Waals surface area contributed by atoms with Crippen LogP contribution < -0.4 is 11.1 Å². The van der Waals surface area contributed by atoms with Crippen molar-refractivity contribution in [1.82, 2.24) is 0 Å². The molecule has 0 aliphatic heterocycles. The molecule has 0 saturated carbocycles. The predicted octanol–water partition coefficient (Wildman–Crippen LogP) is 3.87.